The molecule has 0 saturated heterocycles. The van der Waals surface area contributed by atoms with E-state index in [1.54, 1.807) is 0 Å². The Hall–Kier alpha value is -0.930. The zero-order chi connectivity index (χ0) is 13.9. The highest BCUT2D eigenvalue weighted by molar-refractivity contribution is 7.18. The molecule has 2 nitrogen and oxygen atoms in total. The molecule has 0 amide bonds. The van der Waals surface area contributed by atoms with Crippen molar-refractivity contribution in [3.63, 3.8) is 0 Å². The van der Waals surface area contributed by atoms with E-state index in [0.717, 1.165) is 18.5 Å². The lowest BCUT2D eigenvalue weighted by atomic mass is 9.85. The van der Waals surface area contributed by atoms with Crippen molar-refractivity contribution >= 4 is 21.6 Å². The molecule has 0 aliphatic rings. The number of hydrogen-bond donors (Lipinski definition) is 1. The zero-order valence-electron chi connectivity index (χ0n) is 12.4. The Morgan fingerprint density at radius 1 is 1.26 bits per heavy atom. The number of hydrogen-bond acceptors (Lipinski definition) is 3. The molecule has 2 rings (SSSR count). The Bertz CT molecular complexity index is 492. The maximum absolute atomic E-state index is 4.75. The van der Waals surface area contributed by atoms with Crippen LogP contribution in [0.3, 0.4) is 0 Å². The highest BCUT2D eigenvalue weighted by atomic mass is 32.1. The summed E-state index contributed by atoms with van der Waals surface area (Å²) in [5.41, 5.74) is 1.39. The summed E-state index contributed by atoms with van der Waals surface area (Å²) < 4.78 is 1.29. The molecule has 1 N–H and O–H groups in total. The molecular weight excluding hydrogens is 252 g/mol. The number of nitrogens with zero attached hydrogens (tertiary/aromatic N) is 1. The van der Waals surface area contributed by atoms with E-state index in [-0.39, 0.29) is 5.41 Å². The molecule has 0 aliphatic carbocycles. The fourth-order valence-electron chi connectivity index (χ4n) is 2.18. The fourth-order valence-corrected chi connectivity index (χ4v) is 3.20. The van der Waals surface area contributed by atoms with E-state index >= 15 is 0 Å². The highest BCUT2D eigenvalue weighted by Gasteiger charge is 2.25. The van der Waals surface area contributed by atoms with E-state index in [2.05, 4.69) is 57.3 Å². The SMILES string of the molecule is CCCNC(Cc1nc2ccccc2s1)C(C)(C)C. The molecule has 104 valence electrons. The van der Waals surface area contributed by atoms with Gasteiger partial charge in [-0.2, -0.15) is 0 Å². The maximum atomic E-state index is 4.75. The first kappa shape index (κ1) is 14.5. The lowest BCUT2D eigenvalue weighted by Crippen LogP contribution is -2.42. The number of nitrogens with one attached hydrogen (secondary N) is 1. The van der Waals surface area contributed by atoms with Gasteiger partial charge in [0.05, 0.1) is 15.2 Å². The second kappa shape index (κ2) is 6.02. The number of rotatable bonds is 5. The molecule has 0 spiro atoms. The lowest BCUT2D eigenvalue weighted by Gasteiger charge is -2.31. The first-order valence-corrected chi connectivity index (χ1v) is 7.90. The third kappa shape index (κ3) is 3.77. The largest absolute Gasteiger partial charge is 0.313 e. The highest BCUT2D eigenvalue weighted by Crippen LogP contribution is 2.27. The van der Waals surface area contributed by atoms with Crippen LogP contribution in [0.1, 0.15) is 39.1 Å². The summed E-state index contributed by atoms with van der Waals surface area (Å²) in [4.78, 5) is 4.75. The Labute approximate surface area is 120 Å². The van der Waals surface area contributed by atoms with Crippen LogP contribution in [0.2, 0.25) is 0 Å². The van der Waals surface area contributed by atoms with Crippen molar-refractivity contribution in [1.82, 2.24) is 10.3 Å². The molecule has 1 heterocycles. The minimum Gasteiger partial charge on any atom is -0.313 e. The van der Waals surface area contributed by atoms with Gasteiger partial charge in [-0.15, -0.1) is 11.3 Å². The average Bonchev–Trinajstić information content (AvgIpc) is 2.75. The number of thiazole rings is 1. The molecule has 1 aromatic heterocycles. The van der Waals surface area contributed by atoms with Crippen molar-refractivity contribution in [3.8, 4) is 0 Å². The second-order valence-electron chi connectivity index (χ2n) is 6.15. The van der Waals surface area contributed by atoms with Gasteiger partial charge in [-0.1, -0.05) is 39.8 Å². The topological polar surface area (TPSA) is 24.9 Å². The van der Waals surface area contributed by atoms with Crippen molar-refractivity contribution in [1.29, 1.82) is 0 Å². The van der Waals surface area contributed by atoms with Crippen LogP contribution in [-0.2, 0) is 6.42 Å². The lowest BCUT2D eigenvalue weighted by molar-refractivity contribution is 0.266. The van der Waals surface area contributed by atoms with Gasteiger partial charge in [-0.25, -0.2) is 4.98 Å². The Morgan fingerprint density at radius 3 is 2.63 bits per heavy atom. The van der Waals surface area contributed by atoms with Gasteiger partial charge < -0.3 is 5.32 Å². The Balaban J connectivity index is 2.15. The van der Waals surface area contributed by atoms with Crippen LogP contribution >= 0.6 is 11.3 Å². The minimum absolute atomic E-state index is 0.257. The van der Waals surface area contributed by atoms with E-state index in [1.165, 1.54) is 16.1 Å². The van der Waals surface area contributed by atoms with E-state index < -0.39 is 0 Å². The first-order valence-electron chi connectivity index (χ1n) is 7.08. The fraction of sp³-hybridized carbons (Fsp3) is 0.562. The predicted molar refractivity (Wildman–Crippen MR) is 84.9 cm³/mol. The number of benzene rings is 1. The molecule has 2 aromatic rings. The van der Waals surface area contributed by atoms with Crippen LogP contribution < -0.4 is 5.32 Å². The van der Waals surface area contributed by atoms with Crippen LogP contribution in [0, 0.1) is 5.41 Å². The monoisotopic (exact) mass is 276 g/mol. The molecule has 0 bridgehead atoms. The van der Waals surface area contributed by atoms with Gasteiger partial charge >= 0.3 is 0 Å². The van der Waals surface area contributed by atoms with Crippen molar-refractivity contribution in [3.05, 3.63) is 29.3 Å². The summed E-state index contributed by atoms with van der Waals surface area (Å²) >= 11 is 1.82. The van der Waals surface area contributed by atoms with Gasteiger partial charge in [-0.3, -0.25) is 0 Å². The summed E-state index contributed by atoms with van der Waals surface area (Å²) in [5.74, 6) is 0. The smallest absolute Gasteiger partial charge is 0.0954 e. The van der Waals surface area contributed by atoms with Crippen LogP contribution in [0.15, 0.2) is 24.3 Å². The molecule has 19 heavy (non-hydrogen) atoms. The molecule has 0 saturated carbocycles. The van der Waals surface area contributed by atoms with Gasteiger partial charge in [0.15, 0.2) is 0 Å². The molecule has 1 unspecified atom stereocenters. The van der Waals surface area contributed by atoms with Crippen molar-refractivity contribution < 1.29 is 0 Å². The molecular formula is C16H24N2S. The standard InChI is InChI=1S/C16H24N2S/c1-5-10-17-14(16(2,3)4)11-15-18-12-8-6-7-9-13(12)19-15/h6-9,14,17H,5,10-11H2,1-4H3. The van der Waals surface area contributed by atoms with Gasteiger partial charge in [-0.05, 0) is 30.5 Å². The molecule has 3 heteroatoms. The van der Waals surface area contributed by atoms with Crippen LogP contribution in [-0.4, -0.2) is 17.6 Å². The third-order valence-electron chi connectivity index (χ3n) is 3.40. The van der Waals surface area contributed by atoms with Gasteiger partial charge in [0, 0.05) is 12.5 Å². The Morgan fingerprint density at radius 2 is 2.00 bits per heavy atom. The zero-order valence-corrected chi connectivity index (χ0v) is 13.2. The first-order chi connectivity index (χ1) is 9.00. The number of para-hydroxylation sites is 1. The average molecular weight is 276 g/mol. The van der Waals surface area contributed by atoms with Gasteiger partial charge in [0.25, 0.3) is 0 Å². The quantitative estimate of drug-likeness (QED) is 0.883. The summed E-state index contributed by atoms with van der Waals surface area (Å²) in [5, 5.41) is 4.91. The summed E-state index contributed by atoms with van der Waals surface area (Å²) in [6.07, 6.45) is 2.19. The van der Waals surface area contributed by atoms with Crippen molar-refractivity contribution in [2.75, 3.05) is 6.54 Å². The second-order valence-corrected chi connectivity index (χ2v) is 7.27. The molecule has 0 aliphatic heterocycles. The summed E-state index contributed by atoms with van der Waals surface area (Å²) in [7, 11) is 0. The molecule has 0 fully saturated rings. The van der Waals surface area contributed by atoms with E-state index in [9.17, 15) is 0 Å². The summed E-state index contributed by atoms with van der Waals surface area (Å²) in [6, 6.07) is 8.87. The van der Waals surface area contributed by atoms with Crippen LogP contribution in [0.5, 0.6) is 0 Å². The van der Waals surface area contributed by atoms with Gasteiger partial charge in [0.2, 0.25) is 0 Å². The Kier molecular flexibility index (Phi) is 4.58. The summed E-state index contributed by atoms with van der Waals surface area (Å²) in [6.45, 7) is 10.2. The number of aromatic nitrogens is 1. The van der Waals surface area contributed by atoms with Gasteiger partial charge in [0.1, 0.15) is 0 Å². The molecule has 1 atom stereocenters. The maximum Gasteiger partial charge on any atom is 0.0954 e. The van der Waals surface area contributed by atoms with Crippen molar-refractivity contribution in [2.45, 2.75) is 46.6 Å². The van der Waals surface area contributed by atoms with E-state index in [1.807, 2.05) is 11.3 Å². The third-order valence-corrected chi connectivity index (χ3v) is 4.46. The van der Waals surface area contributed by atoms with E-state index in [4.69, 9.17) is 4.98 Å². The number of fused-ring (bicyclic) bond motifs is 1. The van der Waals surface area contributed by atoms with Crippen LogP contribution in [0.25, 0.3) is 10.2 Å². The normalized spacial score (nSPS) is 13.9. The molecule has 0 radical (unpaired) electrons. The van der Waals surface area contributed by atoms with Crippen molar-refractivity contribution in [2.24, 2.45) is 5.41 Å². The molecule has 1 aromatic carbocycles. The van der Waals surface area contributed by atoms with Crippen LogP contribution in [0.4, 0.5) is 0 Å². The minimum atomic E-state index is 0.257. The van der Waals surface area contributed by atoms with E-state index in [0.29, 0.717) is 6.04 Å². The predicted octanol–water partition coefficient (Wildman–Crippen LogP) is 4.25.